The molecule has 0 radical (unpaired) electrons. The van der Waals surface area contributed by atoms with Crippen molar-refractivity contribution in [3.63, 3.8) is 0 Å². The van der Waals surface area contributed by atoms with Gasteiger partial charge >= 0.3 is 0 Å². The van der Waals surface area contributed by atoms with E-state index >= 15 is 0 Å². The van der Waals surface area contributed by atoms with Crippen LogP contribution in [0.1, 0.15) is 30.4 Å². The van der Waals surface area contributed by atoms with Crippen molar-refractivity contribution in [1.82, 2.24) is 14.9 Å². The molecular formula is C23H31N3O3S. The van der Waals surface area contributed by atoms with Crippen molar-refractivity contribution in [3.8, 4) is 0 Å². The average Bonchev–Trinajstić information content (AvgIpc) is 2.75. The molecule has 1 heterocycles. The molecule has 0 bridgehead atoms. The molecule has 2 aromatic rings. The molecule has 30 heavy (non-hydrogen) atoms. The third-order valence-corrected chi connectivity index (χ3v) is 7.00. The second-order valence-corrected chi connectivity index (χ2v) is 9.74. The maximum atomic E-state index is 12.1. The van der Waals surface area contributed by atoms with E-state index in [9.17, 15) is 13.2 Å². The molecule has 1 fully saturated rings. The maximum Gasteiger partial charge on any atom is 0.240 e. The van der Waals surface area contributed by atoms with Crippen LogP contribution in [0.15, 0.2) is 59.5 Å². The molecule has 0 unspecified atom stereocenters. The SMILES string of the molecule is Cc1ccc(CN2CCC(CNC(=O)CCNS(=O)(=O)c3ccccc3)CC2)cc1. The first kappa shape index (κ1) is 22.5. The number of benzene rings is 2. The molecule has 6 nitrogen and oxygen atoms in total. The van der Waals surface area contributed by atoms with E-state index in [-0.39, 0.29) is 23.8 Å². The number of carbonyl (C=O) groups is 1. The molecule has 2 N–H and O–H groups in total. The number of nitrogens with one attached hydrogen (secondary N) is 2. The highest BCUT2D eigenvalue weighted by molar-refractivity contribution is 7.89. The van der Waals surface area contributed by atoms with E-state index in [1.165, 1.54) is 23.3 Å². The van der Waals surface area contributed by atoms with Gasteiger partial charge in [0.1, 0.15) is 0 Å². The fourth-order valence-corrected chi connectivity index (χ4v) is 4.68. The quantitative estimate of drug-likeness (QED) is 0.642. The fraction of sp³-hybridized carbons (Fsp3) is 0.435. The van der Waals surface area contributed by atoms with Crippen molar-refractivity contribution in [2.75, 3.05) is 26.2 Å². The standard InChI is InChI=1S/C23H31N3O3S/c1-19-7-9-21(10-8-19)18-26-15-12-20(13-16-26)17-24-23(27)11-14-25-30(28,29)22-5-3-2-4-6-22/h2-10,20,25H,11-18H2,1H3,(H,24,27). The molecule has 0 saturated carbocycles. The van der Waals surface area contributed by atoms with Gasteiger partial charge in [-0.3, -0.25) is 9.69 Å². The van der Waals surface area contributed by atoms with E-state index in [2.05, 4.69) is 46.1 Å². The van der Waals surface area contributed by atoms with Gasteiger partial charge in [0.15, 0.2) is 0 Å². The zero-order chi connectivity index (χ0) is 21.4. The van der Waals surface area contributed by atoms with Crippen LogP contribution in [0.5, 0.6) is 0 Å². The van der Waals surface area contributed by atoms with Gasteiger partial charge in [-0.05, 0) is 56.5 Å². The summed E-state index contributed by atoms with van der Waals surface area (Å²) in [6, 6.07) is 16.9. The average molecular weight is 430 g/mol. The van der Waals surface area contributed by atoms with Gasteiger partial charge in [-0.15, -0.1) is 0 Å². The predicted molar refractivity (Wildman–Crippen MR) is 118 cm³/mol. The molecule has 1 aliphatic heterocycles. The predicted octanol–water partition coefficient (Wildman–Crippen LogP) is 2.69. The largest absolute Gasteiger partial charge is 0.356 e. The molecule has 3 rings (SSSR count). The van der Waals surface area contributed by atoms with Crippen LogP contribution in [0, 0.1) is 12.8 Å². The minimum Gasteiger partial charge on any atom is -0.356 e. The van der Waals surface area contributed by atoms with Crippen molar-refractivity contribution >= 4 is 15.9 Å². The summed E-state index contributed by atoms with van der Waals surface area (Å²) >= 11 is 0. The highest BCUT2D eigenvalue weighted by Gasteiger charge is 2.20. The Bertz CT molecular complexity index is 906. The van der Waals surface area contributed by atoms with Crippen LogP contribution in [0.4, 0.5) is 0 Å². The lowest BCUT2D eigenvalue weighted by Gasteiger charge is -2.32. The van der Waals surface area contributed by atoms with Gasteiger partial charge in [0.05, 0.1) is 4.90 Å². The number of nitrogens with zero attached hydrogens (tertiary/aromatic N) is 1. The third kappa shape index (κ3) is 6.93. The lowest BCUT2D eigenvalue weighted by Crippen LogP contribution is -2.39. The van der Waals surface area contributed by atoms with Crippen LogP contribution in [-0.4, -0.2) is 45.4 Å². The highest BCUT2D eigenvalue weighted by Crippen LogP contribution is 2.18. The molecule has 7 heteroatoms. The van der Waals surface area contributed by atoms with Crippen LogP contribution in [-0.2, 0) is 21.4 Å². The normalized spacial score (nSPS) is 15.8. The summed E-state index contributed by atoms with van der Waals surface area (Å²) in [7, 11) is -3.56. The Kier molecular flexibility index (Phi) is 8.01. The number of likely N-dealkylation sites (tertiary alicyclic amines) is 1. The summed E-state index contributed by atoms with van der Waals surface area (Å²) in [6.45, 7) is 5.89. The topological polar surface area (TPSA) is 78.5 Å². The molecule has 1 saturated heterocycles. The third-order valence-electron chi connectivity index (χ3n) is 5.52. The Morgan fingerprint density at radius 2 is 1.70 bits per heavy atom. The van der Waals surface area contributed by atoms with E-state index in [0.717, 1.165) is 32.5 Å². The summed E-state index contributed by atoms with van der Waals surface area (Å²) in [4.78, 5) is 14.8. The number of piperidine rings is 1. The smallest absolute Gasteiger partial charge is 0.240 e. The monoisotopic (exact) mass is 429 g/mol. The van der Waals surface area contributed by atoms with Gasteiger partial charge in [0, 0.05) is 26.1 Å². The van der Waals surface area contributed by atoms with Crippen LogP contribution >= 0.6 is 0 Å². The molecule has 2 aromatic carbocycles. The van der Waals surface area contributed by atoms with E-state index in [0.29, 0.717) is 12.5 Å². The number of aryl methyl sites for hydroxylation is 1. The molecule has 162 valence electrons. The van der Waals surface area contributed by atoms with Gasteiger partial charge in [-0.1, -0.05) is 48.0 Å². The molecule has 0 aromatic heterocycles. The second kappa shape index (κ2) is 10.7. The molecule has 1 aliphatic rings. The summed E-state index contributed by atoms with van der Waals surface area (Å²) in [5, 5.41) is 2.96. The number of sulfonamides is 1. The van der Waals surface area contributed by atoms with Crippen molar-refractivity contribution in [2.24, 2.45) is 5.92 Å². The van der Waals surface area contributed by atoms with Gasteiger partial charge in [0.2, 0.25) is 15.9 Å². The van der Waals surface area contributed by atoms with Crippen molar-refractivity contribution in [1.29, 1.82) is 0 Å². The summed E-state index contributed by atoms with van der Waals surface area (Å²) in [5.41, 5.74) is 2.62. The van der Waals surface area contributed by atoms with Crippen LogP contribution in [0.25, 0.3) is 0 Å². The minimum atomic E-state index is -3.56. The number of hydrogen-bond acceptors (Lipinski definition) is 4. The minimum absolute atomic E-state index is 0.0953. The lowest BCUT2D eigenvalue weighted by atomic mass is 9.96. The number of carbonyl (C=O) groups excluding carboxylic acids is 1. The van der Waals surface area contributed by atoms with E-state index < -0.39 is 10.0 Å². The second-order valence-electron chi connectivity index (χ2n) is 7.97. The molecular weight excluding hydrogens is 398 g/mol. The Hall–Kier alpha value is -2.22. The lowest BCUT2D eigenvalue weighted by molar-refractivity contribution is -0.121. The fourth-order valence-electron chi connectivity index (χ4n) is 3.63. The number of hydrogen-bond donors (Lipinski definition) is 2. The Labute approximate surface area is 179 Å². The highest BCUT2D eigenvalue weighted by atomic mass is 32.2. The zero-order valence-corrected chi connectivity index (χ0v) is 18.3. The van der Waals surface area contributed by atoms with E-state index in [4.69, 9.17) is 0 Å². The number of rotatable bonds is 9. The maximum absolute atomic E-state index is 12.1. The zero-order valence-electron chi connectivity index (χ0n) is 17.5. The molecule has 0 aliphatic carbocycles. The first-order valence-corrected chi connectivity index (χ1v) is 12.0. The number of amides is 1. The molecule has 1 amide bonds. The van der Waals surface area contributed by atoms with Crippen LogP contribution in [0.2, 0.25) is 0 Å². The Balaban J connectivity index is 1.31. The van der Waals surface area contributed by atoms with Gasteiger partial charge in [-0.25, -0.2) is 13.1 Å². The van der Waals surface area contributed by atoms with E-state index in [1.54, 1.807) is 18.2 Å². The van der Waals surface area contributed by atoms with Crippen LogP contribution in [0.3, 0.4) is 0 Å². The van der Waals surface area contributed by atoms with Crippen molar-refractivity contribution in [2.45, 2.75) is 37.6 Å². The Morgan fingerprint density at radius 1 is 1.03 bits per heavy atom. The molecule has 0 spiro atoms. The van der Waals surface area contributed by atoms with Crippen LogP contribution < -0.4 is 10.0 Å². The van der Waals surface area contributed by atoms with Gasteiger partial charge in [0.25, 0.3) is 0 Å². The van der Waals surface area contributed by atoms with Gasteiger partial charge in [-0.2, -0.15) is 0 Å². The summed E-state index contributed by atoms with van der Waals surface area (Å²) in [6.07, 6.45) is 2.26. The first-order valence-electron chi connectivity index (χ1n) is 10.5. The van der Waals surface area contributed by atoms with Gasteiger partial charge < -0.3 is 5.32 Å². The summed E-state index contributed by atoms with van der Waals surface area (Å²) in [5.74, 6) is 0.358. The molecule has 0 atom stereocenters. The van der Waals surface area contributed by atoms with Crippen molar-refractivity contribution < 1.29 is 13.2 Å². The Morgan fingerprint density at radius 3 is 2.37 bits per heavy atom. The first-order chi connectivity index (χ1) is 14.4. The van der Waals surface area contributed by atoms with Crippen molar-refractivity contribution in [3.05, 3.63) is 65.7 Å². The summed E-state index contributed by atoms with van der Waals surface area (Å²) < 4.78 is 26.8. The van der Waals surface area contributed by atoms with E-state index in [1.807, 2.05) is 0 Å².